The van der Waals surface area contributed by atoms with Crippen molar-refractivity contribution >= 4 is 0 Å². The van der Waals surface area contributed by atoms with Crippen molar-refractivity contribution in [2.24, 2.45) is 0 Å². The molecule has 19 heavy (non-hydrogen) atoms. The SMILES string of the molecule is CCc1ccccc1CNC(C)CN1CCCCC1. The summed E-state index contributed by atoms with van der Waals surface area (Å²) in [6.45, 7) is 9.31. The van der Waals surface area contributed by atoms with Gasteiger partial charge in [-0.15, -0.1) is 0 Å². The number of nitrogens with one attached hydrogen (secondary N) is 1. The predicted octanol–water partition coefficient (Wildman–Crippen LogP) is 3.21. The Morgan fingerprint density at radius 2 is 1.79 bits per heavy atom. The Morgan fingerprint density at radius 1 is 1.11 bits per heavy atom. The lowest BCUT2D eigenvalue weighted by Gasteiger charge is -2.29. The molecule has 1 saturated heterocycles. The molecule has 1 N–H and O–H groups in total. The van der Waals surface area contributed by atoms with Crippen LogP contribution >= 0.6 is 0 Å². The Kier molecular flexibility index (Phi) is 5.87. The number of piperidine rings is 1. The average molecular weight is 260 g/mol. The van der Waals surface area contributed by atoms with Crippen molar-refractivity contribution in [3.05, 3.63) is 35.4 Å². The van der Waals surface area contributed by atoms with Crippen LogP contribution in [0.1, 0.15) is 44.2 Å². The topological polar surface area (TPSA) is 15.3 Å². The van der Waals surface area contributed by atoms with Gasteiger partial charge in [0.05, 0.1) is 0 Å². The monoisotopic (exact) mass is 260 g/mol. The van der Waals surface area contributed by atoms with E-state index in [9.17, 15) is 0 Å². The van der Waals surface area contributed by atoms with Gasteiger partial charge in [-0.05, 0) is 50.4 Å². The maximum absolute atomic E-state index is 3.68. The lowest BCUT2D eigenvalue weighted by atomic mass is 10.1. The summed E-state index contributed by atoms with van der Waals surface area (Å²) >= 11 is 0. The lowest BCUT2D eigenvalue weighted by Crippen LogP contribution is -2.41. The molecule has 0 spiro atoms. The summed E-state index contributed by atoms with van der Waals surface area (Å²) in [7, 11) is 0. The van der Waals surface area contributed by atoms with Crippen molar-refractivity contribution in [3.63, 3.8) is 0 Å². The molecule has 1 aromatic carbocycles. The number of benzene rings is 1. The summed E-state index contributed by atoms with van der Waals surface area (Å²) in [5.41, 5.74) is 2.93. The van der Waals surface area contributed by atoms with Crippen LogP contribution in [0.5, 0.6) is 0 Å². The van der Waals surface area contributed by atoms with Gasteiger partial charge in [0.1, 0.15) is 0 Å². The summed E-state index contributed by atoms with van der Waals surface area (Å²) in [6.07, 6.45) is 5.30. The maximum Gasteiger partial charge on any atom is 0.0211 e. The molecule has 106 valence electrons. The number of hydrogen-bond acceptors (Lipinski definition) is 2. The minimum absolute atomic E-state index is 0.572. The summed E-state index contributed by atoms with van der Waals surface area (Å²) in [5.74, 6) is 0. The Hall–Kier alpha value is -0.860. The van der Waals surface area contributed by atoms with Crippen LogP contribution in [0.3, 0.4) is 0 Å². The molecule has 1 aliphatic rings. The van der Waals surface area contributed by atoms with Gasteiger partial charge in [0.15, 0.2) is 0 Å². The third-order valence-electron chi connectivity index (χ3n) is 4.12. The molecule has 1 fully saturated rings. The zero-order chi connectivity index (χ0) is 13.5. The second-order valence-electron chi connectivity index (χ2n) is 5.77. The molecular weight excluding hydrogens is 232 g/mol. The van der Waals surface area contributed by atoms with E-state index in [1.54, 1.807) is 0 Å². The molecule has 0 bridgehead atoms. The van der Waals surface area contributed by atoms with Crippen molar-refractivity contribution in [3.8, 4) is 0 Å². The molecule has 0 saturated carbocycles. The molecule has 1 atom stereocenters. The van der Waals surface area contributed by atoms with Crippen molar-refractivity contribution in [2.75, 3.05) is 19.6 Å². The van der Waals surface area contributed by atoms with Crippen molar-refractivity contribution in [1.29, 1.82) is 0 Å². The summed E-state index contributed by atoms with van der Waals surface area (Å²) < 4.78 is 0. The maximum atomic E-state index is 3.68. The van der Waals surface area contributed by atoms with Crippen LogP contribution in [0, 0.1) is 0 Å². The van der Waals surface area contributed by atoms with E-state index in [2.05, 4.69) is 48.3 Å². The van der Waals surface area contributed by atoms with Gasteiger partial charge >= 0.3 is 0 Å². The Balaban J connectivity index is 1.77. The van der Waals surface area contributed by atoms with E-state index < -0.39 is 0 Å². The first-order chi connectivity index (χ1) is 9.29. The third-order valence-corrected chi connectivity index (χ3v) is 4.12. The predicted molar refractivity (Wildman–Crippen MR) is 82.4 cm³/mol. The minimum Gasteiger partial charge on any atom is -0.309 e. The molecule has 0 aliphatic carbocycles. The Bertz CT molecular complexity index is 369. The van der Waals surface area contributed by atoms with Crippen LogP contribution in [-0.2, 0) is 13.0 Å². The smallest absolute Gasteiger partial charge is 0.0211 e. The van der Waals surface area contributed by atoms with Gasteiger partial charge in [0.25, 0.3) is 0 Å². The van der Waals surface area contributed by atoms with Gasteiger partial charge in [-0.1, -0.05) is 37.6 Å². The largest absolute Gasteiger partial charge is 0.309 e. The van der Waals surface area contributed by atoms with E-state index in [-0.39, 0.29) is 0 Å². The van der Waals surface area contributed by atoms with Gasteiger partial charge in [-0.25, -0.2) is 0 Å². The quantitative estimate of drug-likeness (QED) is 0.845. The van der Waals surface area contributed by atoms with Crippen LogP contribution in [-0.4, -0.2) is 30.6 Å². The fourth-order valence-corrected chi connectivity index (χ4v) is 2.95. The van der Waals surface area contributed by atoms with Gasteiger partial charge in [0.2, 0.25) is 0 Å². The van der Waals surface area contributed by atoms with Crippen LogP contribution in [0.4, 0.5) is 0 Å². The molecule has 2 rings (SSSR count). The van der Waals surface area contributed by atoms with Crippen LogP contribution in [0.25, 0.3) is 0 Å². The van der Waals surface area contributed by atoms with Crippen LogP contribution in [0.15, 0.2) is 24.3 Å². The van der Waals surface area contributed by atoms with Crippen molar-refractivity contribution < 1.29 is 0 Å². The second-order valence-corrected chi connectivity index (χ2v) is 5.77. The zero-order valence-corrected chi connectivity index (χ0v) is 12.5. The highest BCUT2D eigenvalue weighted by atomic mass is 15.1. The Morgan fingerprint density at radius 3 is 2.47 bits per heavy atom. The van der Waals surface area contributed by atoms with Crippen molar-refractivity contribution in [2.45, 2.75) is 52.1 Å². The number of hydrogen-bond donors (Lipinski definition) is 1. The molecule has 2 nitrogen and oxygen atoms in total. The first-order valence-corrected chi connectivity index (χ1v) is 7.82. The van der Waals surface area contributed by atoms with E-state index >= 15 is 0 Å². The third kappa shape index (κ3) is 4.63. The molecule has 1 aliphatic heterocycles. The highest BCUT2D eigenvalue weighted by Crippen LogP contribution is 2.11. The summed E-state index contributed by atoms with van der Waals surface area (Å²) in [4.78, 5) is 2.60. The minimum atomic E-state index is 0.572. The zero-order valence-electron chi connectivity index (χ0n) is 12.5. The summed E-state index contributed by atoms with van der Waals surface area (Å²) in [6, 6.07) is 9.35. The van der Waals surface area contributed by atoms with Crippen LogP contribution in [0.2, 0.25) is 0 Å². The first kappa shape index (κ1) is 14.5. The molecule has 1 unspecified atom stereocenters. The molecule has 0 radical (unpaired) electrons. The van der Waals surface area contributed by atoms with Gasteiger partial charge in [0, 0.05) is 19.1 Å². The van der Waals surface area contributed by atoms with Gasteiger partial charge in [-0.3, -0.25) is 0 Å². The lowest BCUT2D eigenvalue weighted by molar-refractivity contribution is 0.209. The molecular formula is C17H28N2. The van der Waals surface area contributed by atoms with Crippen LogP contribution < -0.4 is 5.32 Å². The first-order valence-electron chi connectivity index (χ1n) is 7.82. The van der Waals surface area contributed by atoms with E-state index in [1.165, 1.54) is 50.0 Å². The number of rotatable bonds is 6. The molecule has 1 heterocycles. The molecule has 0 aromatic heterocycles. The normalized spacial score (nSPS) is 18.4. The number of likely N-dealkylation sites (tertiary alicyclic amines) is 1. The summed E-state index contributed by atoms with van der Waals surface area (Å²) in [5, 5.41) is 3.68. The second kappa shape index (κ2) is 7.66. The number of nitrogens with zero attached hydrogens (tertiary/aromatic N) is 1. The molecule has 2 heteroatoms. The van der Waals surface area contributed by atoms with E-state index in [0.717, 1.165) is 13.0 Å². The van der Waals surface area contributed by atoms with E-state index in [1.807, 2.05) is 0 Å². The van der Waals surface area contributed by atoms with E-state index in [4.69, 9.17) is 0 Å². The fourth-order valence-electron chi connectivity index (χ4n) is 2.95. The highest BCUT2D eigenvalue weighted by molar-refractivity contribution is 5.26. The fraction of sp³-hybridized carbons (Fsp3) is 0.647. The molecule has 0 amide bonds. The van der Waals surface area contributed by atoms with E-state index in [0.29, 0.717) is 6.04 Å². The standard InChI is InChI=1S/C17H28N2/c1-3-16-9-5-6-10-17(16)13-18-15(2)14-19-11-7-4-8-12-19/h5-6,9-10,15,18H,3-4,7-8,11-14H2,1-2H3. The van der Waals surface area contributed by atoms with Gasteiger partial charge in [-0.2, -0.15) is 0 Å². The average Bonchev–Trinajstić information content (AvgIpc) is 2.46. The highest BCUT2D eigenvalue weighted by Gasteiger charge is 2.13. The number of aryl methyl sites for hydroxylation is 1. The van der Waals surface area contributed by atoms with Crippen molar-refractivity contribution in [1.82, 2.24) is 10.2 Å². The van der Waals surface area contributed by atoms with Gasteiger partial charge < -0.3 is 10.2 Å². The Labute approximate surface area is 118 Å². The molecule has 1 aromatic rings.